The highest BCUT2D eigenvalue weighted by Gasteiger charge is 2.64. The first-order valence-corrected chi connectivity index (χ1v) is 7.04. The number of esters is 1. The van der Waals surface area contributed by atoms with Crippen molar-refractivity contribution in [2.75, 3.05) is 0 Å². The maximum atomic E-state index is 11.8. The summed E-state index contributed by atoms with van der Waals surface area (Å²) >= 11 is 0. The summed E-state index contributed by atoms with van der Waals surface area (Å²) in [6.07, 6.45) is -1.93. The van der Waals surface area contributed by atoms with Crippen molar-refractivity contribution in [1.82, 2.24) is 0 Å². The SMILES string of the molecule is O=C(O)C=CC(=O)OC(C(=O)O)(C(CCC(=O)O)C(=O)O)C(C(=O)O)C(=O)O. The number of carbonyl (C=O) groups excluding carboxylic acids is 1. The van der Waals surface area contributed by atoms with Crippen LogP contribution in [0.1, 0.15) is 12.8 Å². The minimum absolute atomic E-state index is 0.0941. The zero-order valence-corrected chi connectivity index (χ0v) is 13.7. The molecule has 2 atom stereocenters. The monoisotopic (exact) mass is 406 g/mol. The van der Waals surface area contributed by atoms with Crippen LogP contribution in [0.5, 0.6) is 0 Å². The quantitative estimate of drug-likeness (QED) is 0.121. The van der Waals surface area contributed by atoms with E-state index in [2.05, 4.69) is 4.74 Å². The van der Waals surface area contributed by atoms with E-state index in [9.17, 15) is 43.8 Å². The Balaban J connectivity index is 6.66. The van der Waals surface area contributed by atoms with E-state index in [-0.39, 0.29) is 12.2 Å². The first kappa shape index (κ1) is 24.0. The van der Waals surface area contributed by atoms with Gasteiger partial charge in [-0.2, -0.15) is 0 Å². The number of ether oxygens (including phenoxy) is 1. The van der Waals surface area contributed by atoms with Gasteiger partial charge in [-0.05, 0) is 6.42 Å². The molecule has 0 radical (unpaired) electrons. The molecule has 6 N–H and O–H groups in total. The molecule has 0 rings (SSSR count). The number of rotatable bonds is 12. The molecule has 0 aliphatic carbocycles. The largest absolute Gasteiger partial charge is 0.481 e. The lowest BCUT2D eigenvalue weighted by Gasteiger charge is -2.36. The van der Waals surface area contributed by atoms with E-state index < -0.39 is 72.1 Å². The van der Waals surface area contributed by atoms with Crippen LogP contribution in [-0.2, 0) is 38.3 Å². The third-order valence-corrected chi connectivity index (χ3v) is 3.35. The maximum absolute atomic E-state index is 11.8. The van der Waals surface area contributed by atoms with Gasteiger partial charge in [-0.15, -0.1) is 0 Å². The Morgan fingerprint density at radius 3 is 1.61 bits per heavy atom. The summed E-state index contributed by atoms with van der Waals surface area (Å²) in [5.41, 5.74) is -3.79. The molecule has 0 aliphatic heterocycles. The van der Waals surface area contributed by atoms with Crippen LogP contribution < -0.4 is 0 Å². The molecule has 28 heavy (non-hydrogen) atoms. The van der Waals surface area contributed by atoms with E-state index >= 15 is 0 Å². The molecular weight excluding hydrogens is 392 g/mol. The molecule has 0 aromatic rings. The lowest BCUT2D eigenvalue weighted by atomic mass is 9.74. The maximum Gasteiger partial charge on any atom is 0.350 e. The Morgan fingerprint density at radius 1 is 0.786 bits per heavy atom. The third-order valence-electron chi connectivity index (χ3n) is 3.35. The van der Waals surface area contributed by atoms with E-state index in [1.807, 2.05) is 0 Å². The Morgan fingerprint density at radius 2 is 1.29 bits per heavy atom. The molecule has 0 spiro atoms. The van der Waals surface area contributed by atoms with Crippen LogP contribution in [0.4, 0.5) is 0 Å². The fraction of sp³-hybridized carbons (Fsp3) is 0.357. The van der Waals surface area contributed by atoms with Crippen LogP contribution in [0, 0.1) is 11.8 Å². The molecule has 0 fully saturated rings. The average molecular weight is 406 g/mol. The van der Waals surface area contributed by atoms with Gasteiger partial charge in [0.25, 0.3) is 0 Å². The summed E-state index contributed by atoms with van der Waals surface area (Å²) in [6, 6.07) is 0. The van der Waals surface area contributed by atoms with Gasteiger partial charge in [0, 0.05) is 18.6 Å². The first-order chi connectivity index (χ1) is 12.8. The molecule has 0 aromatic heterocycles. The van der Waals surface area contributed by atoms with Crippen LogP contribution in [0.3, 0.4) is 0 Å². The van der Waals surface area contributed by atoms with Crippen molar-refractivity contribution in [3.05, 3.63) is 12.2 Å². The number of carboxylic acid groups (broad SMARTS) is 6. The van der Waals surface area contributed by atoms with Gasteiger partial charge in [0.1, 0.15) is 5.92 Å². The van der Waals surface area contributed by atoms with Crippen molar-refractivity contribution in [2.45, 2.75) is 18.4 Å². The number of hydrogen-bond donors (Lipinski definition) is 6. The van der Waals surface area contributed by atoms with E-state index in [1.54, 1.807) is 0 Å². The topological polar surface area (TPSA) is 250 Å². The Kier molecular flexibility index (Phi) is 8.28. The van der Waals surface area contributed by atoms with Gasteiger partial charge in [-0.3, -0.25) is 19.2 Å². The summed E-state index contributed by atoms with van der Waals surface area (Å²) in [5, 5.41) is 54.1. The summed E-state index contributed by atoms with van der Waals surface area (Å²) in [7, 11) is 0. The summed E-state index contributed by atoms with van der Waals surface area (Å²) in [5.74, 6) is -20.5. The molecule has 2 unspecified atom stereocenters. The minimum Gasteiger partial charge on any atom is -0.481 e. The molecule has 154 valence electrons. The molecule has 0 saturated carbocycles. The number of hydrogen-bond acceptors (Lipinski definition) is 8. The lowest BCUT2D eigenvalue weighted by Crippen LogP contribution is -2.62. The number of carbonyl (C=O) groups is 7. The predicted molar refractivity (Wildman–Crippen MR) is 80.0 cm³/mol. The Bertz CT molecular complexity index is 720. The van der Waals surface area contributed by atoms with E-state index in [1.165, 1.54) is 0 Å². The summed E-state index contributed by atoms with van der Waals surface area (Å²) in [6.45, 7) is 0. The zero-order valence-electron chi connectivity index (χ0n) is 13.7. The van der Waals surface area contributed by atoms with Gasteiger partial charge in [-0.1, -0.05) is 0 Å². The van der Waals surface area contributed by atoms with Crippen molar-refractivity contribution in [1.29, 1.82) is 0 Å². The highest BCUT2D eigenvalue weighted by molar-refractivity contribution is 6.04. The van der Waals surface area contributed by atoms with Gasteiger partial charge in [-0.25, -0.2) is 14.4 Å². The normalized spacial score (nSPS) is 14.0. The van der Waals surface area contributed by atoms with Crippen molar-refractivity contribution < 1.29 is 68.9 Å². The molecule has 0 aliphatic rings. The van der Waals surface area contributed by atoms with Crippen molar-refractivity contribution in [3.8, 4) is 0 Å². The predicted octanol–water partition coefficient (Wildman–Crippen LogP) is -1.66. The fourth-order valence-electron chi connectivity index (χ4n) is 2.25. The smallest absolute Gasteiger partial charge is 0.350 e. The first-order valence-electron chi connectivity index (χ1n) is 7.04. The third kappa shape index (κ3) is 5.79. The molecule has 14 nitrogen and oxygen atoms in total. The van der Waals surface area contributed by atoms with Gasteiger partial charge >= 0.3 is 41.8 Å². The minimum atomic E-state index is -3.79. The molecule has 0 bridgehead atoms. The summed E-state index contributed by atoms with van der Waals surface area (Å²) in [4.78, 5) is 78.9. The van der Waals surface area contributed by atoms with E-state index in [4.69, 9.17) is 20.4 Å². The average Bonchev–Trinajstić information content (AvgIpc) is 2.51. The molecule has 14 heteroatoms. The standard InChI is InChI=1S/C14H14O14/c15-6(16)2-1-5(10(20)21)14(13(26)27,9(11(22)23)12(24)25)28-8(19)4-3-7(17)18/h3-5,9H,1-2H2,(H,15,16)(H,17,18)(H,20,21)(H,22,23)(H,24,25)(H,26,27). The zero-order chi connectivity index (χ0) is 22.2. The number of aliphatic carboxylic acids is 6. The van der Waals surface area contributed by atoms with Gasteiger partial charge < -0.3 is 35.4 Å². The van der Waals surface area contributed by atoms with E-state index in [0.717, 1.165) is 0 Å². The van der Waals surface area contributed by atoms with Gasteiger partial charge in [0.15, 0.2) is 0 Å². The van der Waals surface area contributed by atoms with Crippen molar-refractivity contribution in [3.63, 3.8) is 0 Å². The molecular formula is C14H14O14. The van der Waals surface area contributed by atoms with Crippen LogP contribution in [0.2, 0.25) is 0 Å². The molecule has 0 amide bonds. The summed E-state index contributed by atoms with van der Waals surface area (Å²) < 4.78 is 4.37. The second-order valence-electron chi connectivity index (χ2n) is 5.12. The second kappa shape index (κ2) is 9.65. The Labute approximate surface area is 154 Å². The molecule has 0 aromatic carbocycles. The lowest BCUT2D eigenvalue weighted by molar-refractivity contribution is -0.204. The highest BCUT2D eigenvalue weighted by Crippen LogP contribution is 2.36. The highest BCUT2D eigenvalue weighted by atomic mass is 16.6. The number of carboxylic acids is 6. The van der Waals surface area contributed by atoms with E-state index in [0.29, 0.717) is 0 Å². The van der Waals surface area contributed by atoms with Gasteiger partial charge in [0.2, 0.25) is 11.5 Å². The van der Waals surface area contributed by atoms with Crippen LogP contribution in [0.25, 0.3) is 0 Å². The van der Waals surface area contributed by atoms with Crippen LogP contribution in [0.15, 0.2) is 12.2 Å². The molecule has 0 heterocycles. The van der Waals surface area contributed by atoms with Crippen LogP contribution in [-0.4, -0.2) is 78.0 Å². The Hall–Kier alpha value is -3.97. The fourth-order valence-corrected chi connectivity index (χ4v) is 2.25. The molecule has 0 saturated heterocycles. The van der Waals surface area contributed by atoms with Crippen molar-refractivity contribution in [2.24, 2.45) is 11.8 Å². The van der Waals surface area contributed by atoms with Crippen molar-refractivity contribution >= 4 is 41.8 Å². The second-order valence-corrected chi connectivity index (χ2v) is 5.12. The van der Waals surface area contributed by atoms with Crippen LogP contribution >= 0.6 is 0 Å². The van der Waals surface area contributed by atoms with Gasteiger partial charge in [0.05, 0.1) is 0 Å².